The van der Waals surface area contributed by atoms with Crippen LogP contribution in [0.3, 0.4) is 0 Å². The topological polar surface area (TPSA) is 52.4 Å². The highest BCUT2D eigenvalue weighted by Gasteiger charge is 2.13. The van der Waals surface area contributed by atoms with Gasteiger partial charge in [-0.25, -0.2) is 0 Å². The van der Waals surface area contributed by atoms with Crippen LogP contribution in [0.4, 0.5) is 5.69 Å². The molecule has 0 spiro atoms. The van der Waals surface area contributed by atoms with Gasteiger partial charge in [0, 0.05) is 6.07 Å². The van der Waals surface area contributed by atoms with Crippen LogP contribution in [0.1, 0.15) is 16.7 Å². The van der Waals surface area contributed by atoms with Crippen molar-refractivity contribution < 1.29 is 9.66 Å². The van der Waals surface area contributed by atoms with Crippen molar-refractivity contribution in [2.75, 3.05) is 7.11 Å². The third-order valence-electron chi connectivity index (χ3n) is 3.92. The number of methoxy groups -OCH3 is 1. The second-order valence-electron chi connectivity index (χ2n) is 5.47. The van der Waals surface area contributed by atoms with Crippen LogP contribution in [0, 0.1) is 10.1 Å². The van der Waals surface area contributed by atoms with Gasteiger partial charge in [-0.2, -0.15) is 0 Å². The van der Waals surface area contributed by atoms with E-state index in [0.717, 1.165) is 22.4 Å². The van der Waals surface area contributed by atoms with E-state index in [1.54, 1.807) is 25.3 Å². The number of hydrogen-bond donors (Lipinski definition) is 0. The van der Waals surface area contributed by atoms with Crippen molar-refractivity contribution in [3.8, 4) is 5.75 Å². The van der Waals surface area contributed by atoms with E-state index >= 15 is 0 Å². The van der Waals surface area contributed by atoms with Crippen molar-refractivity contribution >= 4 is 17.3 Å². The van der Waals surface area contributed by atoms with Gasteiger partial charge in [-0.1, -0.05) is 54.6 Å². The Balaban J connectivity index is 2.16. The predicted octanol–water partition coefficient (Wildman–Crippen LogP) is 5.19. The number of hydrogen-bond acceptors (Lipinski definition) is 3. The zero-order valence-corrected chi connectivity index (χ0v) is 13.8. The fourth-order valence-corrected chi connectivity index (χ4v) is 2.65. The van der Waals surface area contributed by atoms with Gasteiger partial charge < -0.3 is 4.74 Å². The highest BCUT2D eigenvalue weighted by Crippen LogP contribution is 2.30. The van der Waals surface area contributed by atoms with E-state index in [-0.39, 0.29) is 10.6 Å². The van der Waals surface area contributed by atoms with Gasteiger partial charge in [0.1, 0.15) is 5.75 Å². The van der Waals surface area contributed by atoms with Gasteiger partial charge in [0.05, 0.1) is 17.6 Å². The molecule has 0 saturated carbocycles. The fourth-order valence-electron chi connectivity index (χ4n) is 2.65. The number of nitrogens with zero attached hydrogens (tertiary/aromatic N) is 1. The van der Waals surface area contributed by atoms with E-state index in [9.17, 15) is 10.1 Å². The SMILES string of the molecule is COc1ccc(/C(=C\c2ccccc2[N+](=O)[O-])c2ccccc2)cc1. The molecule has 0 aliphatic heterocycles. The van der Waals surface area contributed by atoms with Crippen LogP contribution in [0.5, 0.6) is 5.75 Å². The van der Waals surface area contributed by atoms with Crippen LogP contribution in [-0.4, -0.2) is 12.0 Å². The third-order valence-corrected chi connectivity index (χ3v) is 3.92. The molecule has 124 valence electrons. The molecule has 0 aromatic heterocycles. The summed E-state index contributed by atoms with van der Waals surface area (Å²) in [5.41, 5.74) is 3.53. The van der Waals surface area contributed by atoms with Gasteiger partial charge in [0.25, 0.3) is 5.69 Å². The highest BCUT2D eigenvalue weighted by molar-refractivity contribution is 5.92. The van der Waals surface area contributed by atoms with Crippen molar-refractivity contribution in [3.05, 3.63) is 106 Å². The molecule has 4 heteroatoms. The number of rotatable bonds is 5. The number of benzene rings is 3. The molecule has 0 unspecified atom stereocenters. The lowest BCUT2D eigenvalue weighted by Crippen LogP contribution is -1.93. The van der Waals surface area contributed by atoms with E-state index in [2.05, 4.69) is 0 Å². The molecule has 0 aliphatic rings. The first kappa shape index (κ1) is 16.5. The first-order valence-corrected chi connectivity index (χ1v) is 7.84. The average Bonchev–Trinajstić information content (AvgIpc) is 2.67. The molecule has 0 amide bonds. The summed E-state index contributed by atoms with van der Waals surface area (Å²) in [6.07, 6.45) is 1.86. The first-order chi connectivity index (χ1) is 12.2. The Morgan fingerprint density at radius 3 is 2.12 bits per heavy atom. The van der Waals surface area contributed by atoms with Crippen LogP contribution in [0.15, 0.2) is 78.9 Å². The molecular formula is C21H17NO3. The van der Waals surface area contributed by atoms with Crippen LogP contribution in [0.25, 0.3) is 11.6 Å². The molecule has 0 fully saturated rings. The molecule has 0 atom stereocenters. The van der Waals surface area contributed by atoms with Gasteiger partial charge in [-0.3, -0.25) is 10.1 Å². The summed E-state index contributed by atoms with van der Waals surface area (Å²) >= 11 is 0. The fraction of sp³-hybridized carbons (Fsp3) is 0.0476. The van der Waals surface area contributed by atoms with E-state index in [0.29, 0.717) is 5.56 Å². The summed E-state index contributed by atoms with van der Waals surface area (Å²) in [5, 5.41) is 11.3. The summed E-state index contributed by atoms with van der Waals surface area (Å²) in [6, 6.07) is 24.2. The number of nitro groups is 1. The zero-order chi connectivity index (χ0) is 17.6. The van der Waals surface area contributed by atoms with Gasteiger partial charge in [-0.05, 0) is 41.0 Å². The van der Waals surface area contributed by atoms with Crippen molar-refractivity contribution in [2.45, 2.75) is 0 Å². The molecule has 0 N–H and O–H groups in total. The van der Waals surface area contributed by atoms with Crippen LogP contribution in [-0.2, 0) is 0 Å². The van der Waals surface area contributed by atoms with E-state index in [1.165, 1.54) is 6.07 Å². The van der Waals surface area contributed by atoms with Gasteiger partial charge >= 0.3 is 0 Å². The molecule has 0 radical (unpaired) electrons. The molecule has 3 aromatic rings. The van der Waals surface area contributed by atoms with Crippen molar-refractivity contribution in [1.29, 1.82) is 0 Å². The maximum absolute atomic E-state index is 11.3. The summed E-state index contributed by atoms with van der Waals surface area (Å²) in [5.74, 6) is 0.766. The Labute approximate surface area is 146 Å². The Kier molecular flexibility index (Phi) is 4.90. The summed E-state index contributed by atoms with van der Waals surface area (Å²) in [4.78, 5) is 11.0. The lowest BCUT2D eigenvalue weighted by Gasteiger charge is -2.10. The average molecular weight is 331 g/mol. The third kappa shape index (κ3) is 3.75. The first-order valence-electron chi connectivity index (χ1n) is 7.84. The second kappa shape index (κ2) is 7.45. The van der Waals surface area contributed by atoms with Crippen LogP contribution in [0.2, 0.25) is 0 Å². The van der Waals surface area contributed by atoms with Crippen molar-refractivity contribution in [2.24, 2.45) is 0 Å². The lowest BCUT2D eigenvalue weighted by atomic mass is 9.95. The smallest absolute Gasteiger partial charge is 0.276 e. The summed E-state index contributed by atoms with van der Waals surface area (Å²) in [6.45, 7) is 0. The second-order valence-corrected chi connectivity index (χ2v) is 5.47. The predicted molar refractivity (Wildman–Crippen MR) is 99.5 cm³/mol. The molecule has 0 heterocycles. The summed E-state index contributed by atoms with van der Waals surface area (Å²) < 4.78 is 5.21. The Bertz CT molecular complexity index is 900. The monoisotopic (exact) mass is 331 g/mol. The lowest BCUT2D eigenvalue weighted by molar-refractivity contribution is -0.385. The van der Waals surface area contributed by atoms with Crippen molar-refractivity contribution in [1.82, 2.24) is 0 Å². The number of para-hydroxylation sites is 1. The minimum Gasteiger partial charge on any atom is -0.497 e. The Hall–Kier alpha value is -3.40. The molecule has 3 aromatic carbocycles. The molecule has 0 saturated heterocycles. The van der Waals surface area contributed by atoms with Gasteiger partial charge in [0.2, 0.25) is 0 Å². The molecule has 0 bridgehead atoms. The molecule has 3 rings (SSSR count). The van der Waals surface area contributed by atoms with Crippen molar-refractivity contribution in [3.63, 3.8) is 0 Å². The Morgan fingerprint density at radius 2 is 1.48 bits per heavy atom. The number of ether oxygens (including phenoxy) is 1. The van der Waals surface area contributed by atoms with Crippen LogP contribution < -0.4 is 4.74 Å². The van der Waals surface area contributed by atoms with E-state index in [4.69, 9.17) is 4.74 Å². The quantitative estimate of drug-likeness (QED) is 0.367. The standard InChI is InChI=1S/C21H17NO3/c1-25-19-13-11-17(12-14-19)20(16-7-3-2-4-8-16)15-18-9-5-6-10-21(18)22(23)24/h2-15H,1H3/b20-15-. The zero-order valence-electron chi connectivity index (χ0n) is 13.8. The molecule has 0 aliphatic carbocycles. The number of nitro benzene ring substituents is 1. The maximum Gasteiger partial charge on any atom is 0.276 e. The minimum absolute atomic E-state index is 0.0874. The van der Waals surface area contributed by atoms with Crippen LogP contribution >= 0.6 is 0 Å². The van der Waals surface area contributed by atoms with E-state index in [1.807, 2.05) is 60.7 Å². The van der Waals surface area contributed by atoms with E-state index < -0.39 is 0 Å². The molecule has 25 heavy (non-hydrogen) atoms. The highest BCUT2D eigenvalue weighted by atomic mass is 16.6. The van der Waals surface area contributed by atoms with Gasteiger partial charge in [-0.15, -0.1) is 0 Å². The summed E-state index contributed by atoms with van der Waals surface area (Å²) in [7, 11) is 1.62. The molecule has 4 nitrogen and oxygen atoms in total. The molecular weight excluding hydrogens is 314 g/mol. The van der Waals surface area contributed by atoms with Gasteiger partial charge in [0.15, 0.2) is 0 Å². The maximum atomic E-state index is 11.3. The largest absolute Gasteiger partial charge is 0.497 e. The minimum atomic E-state index is -0.359. The normalized spacial score (nSPS) is 11.2. The Morgan fingerprint density at radius 1 is 0.880 bits per heavy atom.